The van der Waals surface area contributed by atoms with Crippen LogP contribution in [0.3, 0.4) is 0 Å². The van der Waals surface area contributed by atoms with Crippen LogP contribution in [0.5, 0.6) is 0 Å². The zero-order valence-electron chi connectivity index (χ0n) is 6.82. The van der Waals surface area contributed by atoms with Gasteiger partial charge in [-0.2, -0.15) is 11.8 Å². The molecule has 0 radical (unpaired) electrons. The van der Waals surface area contributed by atoms with Crippen LogP contribution in [0.1, 0.15) is 0 Å². The van der Waals surface area contributed by atoms with Crippen molar-refractivity contribution in [3.63, 3.8) is 0 Å². The van der Waals surface area contributed by atoms with E-state index in [0.717, 1.165) is 11.5 Å². The van der Waals surface area contributed by atoms with Crippen LogP contribution < -0.4 is 0 Å². The first kappa shape index (κ1) is 11.4. The summed E-state index contributed by atoms with van der Waals surface area (Å²) in [6, 6.07) is 0. The van der Waals surface area contributed by atoms with Gasteiger partial charge in [-0.3, -0.25) is 0 Å². The normalized spacial score (nSPS) is 9.85. The summed E-state index contributed by atoms with van der Waals surface area (Å²) in [5, 5.41) is 6.44. The molecule has 0 saturated heterocycles. The maximum absolute atomic E-state index is 7.91. The smallest absolute Gasteiger partial charge is 0.0118 e. The van der Waals surface area contributed by atoms with E-state index in [4.69, 9.17) is 11.1 Å². The van der Waals surface area contributed by atoms with Crippen LogP contribution in [-0.4, -0.2) is 11.5 Å². The van der Waals surface area contributed by atoms with Crippen LogP contribution in [-0.2, 0) is 0 Å². The predicted molar refractivity (Wildman–Crippen MR) is 53.9 cm³/mol. The molecule has 13 heavy (non-hydrogen) atoms. The van der Waals surface area contributed by atoms with E-state index in [-0.39, 0.29) is 0 Å². The van der Waals surface area contributed by atoms with Gasteiger partial charge < -0.3 is 0 Å². The van der Waals surface area contributed by atoms with E-state index < -0.39 is 0 Å². The van der Waals surface area contributed by atoms with E-state index in [1.54, 1.807) is 23.9 Å². The van der Waals surface area contributed by atoms with Crippen molar-refractivity contribution < 1.29 is 0 Å². The number of nitrogens with zero attached hydrogens (tertiary/aromatic N) is 6. The average Bonchev–Trinajstić information content (AvgIpc) is 2.16. The highest BCUT2D eigenvalue weighted by Gasteiger charge is 1.78. The molecule has 0 spiro atoms. The second-order valence-corrected chi connectivity index (χ2v) is 2.79. The lowest BCUT2D eigenvalue weighted by molar-refractivity contribution is 1.47. The molecular formula is C6H8N6S. The number of hydrogen-bond donors (Lipinski definition) is 0. The molecule has 0 aliphatic rings. The third-order valence-corrected chi connectivity index (χ3v) is 1.73. The van der Waals surface area contributed by atoms with Crippen LogP contribution in [0, 0.1) is 0 Å². The number of thioether (sulfide) groups is 1. The minimum absolute atomic E-state index is 0.764. The summed E-state index contributed by atoms with van der Waals surface area (Å²) in [5.74, 6) is 1.53. The van der Waals surface area contributed by atoms with Gasteiger partial charge in [0.1, 0.15) is 0 Å². The predicted octanol–water partition coefficient (Wildman–Crippen LogP) is 3.37. The highest BCUT2D eigenvalue weighted by Crippen LogP contribution is 2.00. The molecule has 0 bridgehead atoms. The van der Waals surface area contributed by atoms with Crippen LogP contribution in [0.2, 0.25) is 0 Å². The molecule has 0 heterocycles. The fraction of sp³-hybridized carbons (Fsp3) is 0.333. The molecule has 0 atom stereocenters. The highest BCUT2D eigenvalue weighted by atomic mass is 32.2. The van der Waals surface area contributed by atoms with Crippen LogP contribution in [0.4, 0.5) is 0 Å². The summed E-state index contributed by atoms with van der Waals surface area (Å²) < 4.78 is 0. The van der Waals surface area contributed by atoms with Crippen molar-refractivity contribution >= 4 is 11.8 Å². The van der Waals surface area contributed by atoms with Crippen molar-refractivity contribution in [1.29, 1.82) is 0 Å². The molecule has 0 aromatic carbocycles. The van der Waals surface area contributed by atoms with Gasteiger partial charge in [0.05, 0.1) is 0 Å². The van der Waals surface area contributed by atoms with Crippen molar-refractivity contribution in [2.24, 2.45) is 10.2 Å². The quantitative estimate of drug-likeness (QED) is 0.276. The topological polar surface area (TPSA) is 97.5 Å². The fourth-order valence-electron chi connectivity index (χ4n) is 0.444. The van der Waals surface area contributed by atoms with Crippen molar-refractivity contribution in [3.05, 3.63) is 45.4 Å². The standard InChI is InChI=1S/C6H8N6S/c7-11-9-3-1-5-13-6-2-4-10-12-8/h1-4H,5-6H2. The summed E-state index contributed by atoms with van der Waals surface area (Å²) >= 11 is 1.61. The lowest BCUT2D eigenvalue weighted by Crippen LogP contribution is -1.72. The second kappa shape index (κ2) is 10.4. The zero-order valence-corrected chi connectivity index (χ0v) is 7.63. The Kier molecular flexibility index (Phi) is 9.20. The molecule has 0 amide bonds. The zero-order chi connectivity index (χ0) is 9.78. The molecular weight excluding hydrogens is 188 g/mol. The monoisotopic (exact) mass is 196 g/mol. The number of hydrogen-bond acceptors (Lipinski definition) is 3. The summed E-state index contributed by atoms with van der Waals surface area (Å²) in [6.07, 6.45) is 6.33. The van der Waals surface area contributed by atoms with E-state index in [2.05, 4.69) is 20.1 Å². The third-order valence-electron chi connectivity index (χ3n) is 0.876. The van der Waals surface area contributed by atoms with E-state index in [0.29, 0.717) is 0 Å². The molecule has 0 N–H and O–H groups in total. The molecule has 0 unspecified atom stereocenters. The van der Waals surface area contributed by atoms with Gasteiger partial charge in [-0.25, -0.2) is 0 Å². The Balaban J connectivity index is 3.35. The van der Waals surface area contributed by atoms with E-state index >= 15 is 0 Å². The summed E-state index contributed by atoms with van der Waals surface area (Å²) in [5.41, 5.74) is 15.8. The number of rotatable bonds is 6. The lowest BCUT2D eigenvalue weighted by Gasteiger charge is -1.87. The molecule has 0 aromatic rings. The molecule has 0 aliphatic carbocycles. The Hall–Kier alpha value is -1.55. The Morgan fingerprint density at radius 2 is 1.46 bits per heavy atom. The Morgan fingerprint density at radius 3 is 1.85 bits per heavy atom. The first-order valence-corrected chi connectivity index (χ1v) is 4.53. The van der Waals surface area contributed by atoms with Crippen molar-refractivity contribution in [2.75, 3.05) is 11.5 Å². The minimum atomic E-state index is 0.764. The van der Waals surface area contributed by atoms with Crippen LogP contribution in [0.15, 0.2) is 34.8 Å². The van der Waals surface area contributed by atoms with Gasteiger partial charge in [0.25, 0.3) is 0 Å². The molecule has 0 aromatic heterocycles. The van der Waals surface area contributed by atoms with Crippen molar-refractivity contribution in [3.8, 4) is 0 Å². The Labute approximate surface area is 79.6 Å². The summed E-state index contributed by atoms with van der Waals surface area (Å²) in [6.45, 7) is 0. The van der Waals surface area contributed by atoms with Gasteiger partial charge in [0.2, 0.25) is 0 Å². The van der Waals surface area contributed by atoms with E-state index in [1.807, 2.05) is 0 Å². The molecule has 68 valence electrons. The third kappa shape index (κ3) is 10.4. The first-order valence-electron chi connectivity index (χ1n) is 3.38. The van der Waals surface area contributed by atoms with E-state index in [1.165, 1.54) is 12.4 Å². The molecule has 0 saturated carbocycles. The minimum Gasteiger partial charge on any atom is -0.154 e. The van der Waals surface area contributed by atoms with Gasteiger partial charge >= 0.3 is 0 Å². The lowest BCUT2D eigenvalue weighted by atomic mass is 10.7. The molecule has 0 aliphatic heterocycles. The van der Waals surface area contributed by atoms with Gasteiger partial charge in [-0.1, -0.05) is 22.4 Å². The fourth-order valence-corrected chi connectivity index (χ4v) is 1.02. The molecule has 0 fully saturated rings. The van der Waals surface area contributed by atoms with Gasteiger partial charge in [-0.15, -0.1) is 0 Å². The largest absolute Gasteiger partial charge is 0.154 e. The van der Waals surface area contributed by atoms with Crippen LogP contribution in [0.25, 0.3) is 20.9 Å². The van der Waals surface area contributed by atoms with Gasteiger partial charge in [-0.05, 0) is 23.5 Å². The molecule has 7 heteroatoms. The van der Waals surface area contributed by atoms with Crippen molar-refractivity contribution in [1.82, 2.24) is 0 Å². The summed E-state index contributed by atoms with van der Waals surface area (Å²) in [7, 11) is 0. The highest BCUT2D eigenvalue weighted by molar-refractivity contribution is 7.99. The Bertz CT molecular complexity index is 243. The van der Waals surface area contributed by atoms with E-state index in [9.17, 15) is 0 Å². The van der Waals surface area contributed by atoms with Crippen LogP contribution >= 0.6 is 11.8 Å². The first-order chi connectivity index (χ1) is 6.41. The van der Waals surface area contributed by atoms with Gasteiger partial charge in [0.15, 0.2) is 0 Å². The maximum Gasteiger partial charge on any atom is 0.0118 e. The maximum atomic E-state index is 7.91. The molecule has 6 nitrogen and oxygen atoms in total. The Morgan fingerprint density at radius 1 is 1.00 bits per heavy atom. The van der Waals surface area contributed by atoms with Crippen molar-refractivity contribution in [2.45, 2.75) is 0 Å². The molecule has 0 rings (SSSR count). The van der Waals surface area contributed by atoms with Gasteiger partial charge in [0, 0.05) is 21.3 Å². The second-order valence-electron chi connectivity index (χ2n) is 1.72. The SMILES string of the molecule is [N-]=[N+]=NC=CCSCC=CN=[N+]=[N-]. The summed E-state index contributed by atoms with van der Waals surface area (Å²) in [4.78, 5) is 5.11. The number of azide groups is 2. The average molecular weight is 196 g/mol.